The molecule has 1 amide bonds. The molecule has 4 nitrogen and oxygen atoms in total. The van der Waals surface area contributed by atoms with Crippen LogP contribution in [-0.2, 0) is 4.74 Å². The molecule has 0 heterocycles. The molecule has 4 heteroatoms. The maximum Gasteiger partial charge on any atom is 0.407 e. The van der Waals surface area contributed by atoms with Crippen LogP contribution in [0.1, 0.15) is 105 Å². The van der Waals surface area contributed by atoms with Crippen LogP contribution in [0.3, 0.4) is 0 Å². The lowest BCUT2D eigenvalue weighted by molar-refractivity contribution is -0.0581. The van der Waals surface area contributed by atoms with E-state index in [1.54, 1.807) is 5.57 Å². The number of fused-ring (bicyclic) bond motifs is 5. The second-order valence-electron chi connectivity index (χ2n) is 14.3. The number of nitrogens with zero attached hydrogens (tertiary/aromatic N) is 1. The molecule has 0 spiro atoms. The van der Waals surface area contributed by atoms with Crippen molar-refractivity contribution in [1.82, 2.24) is 10.2 Å². The molecule has 1 N–H and O–H groups in total. The summed E-state index contributed by atoms with van der Waals surface area (Å²) in [6.45, 7) is 14.0. The lowest BCUT2D eigenvalue weighted by Gasteiger charge is -2.58. The third-order valence-electron chi connectivity index (χ3n) is 11.4. The van der Waals surface area contributed by atoms with Crippen molar-refractivity contribution in [2.75, 3.05) is 27.2 Å². The fourth-order valence-corrected chi connectivity index (χ4v) is 9.33. The Kier molecular flexibility index (Phi) is 8.85. The predicted octanol–water partition coefficient (Wildman–Crippen LogP) is 7.68. The maximum absolute atomic E-state index is 12.3. The highest BCUT2D eigenvalue weighted by molar-refractivity contribution is 5.67. The summed E-state index contributed by atoms with van der Waals surface area (Å²) in [5.74, 6) is 5.21. The molecule has 3 unspecified atom stereocenters. The SMILES string of the molecule is CC(C)CCC[C@@H](C)C1CC[C@H]2C3CC=C4CC(OC(=O)NCCN(C)C)CC[C@]4(C)[C@H]3CC[C@]12C. The summed E-state index contributed by atoms with van der Waals surface area (Å²) in [7, 11) is 4.04. The molecule has 0 radical (unpaired) electrons. The van der Waals surface area contributed by atoms with Crippen molar-refractivity contribution in [2.45, 2.75) is 111 Å². The van der Waals surface area contributed by atoms with Crippen LogP contribution < -0.4 is 5.32 Å². The highest BCUT2D eigenvalue weighted by atomic mass is 16.6. The summed E-state index contributed by atoms with van der Waals surface area (Å²) < 4.78 is 5.87. The molecule has 4 aliphatic carbocycles. The third kappa shape index (κ3) is 5.69. The summed E-state index contributed by atoms with van der Waals surface area (Å²) in [6.07, 6.45) is 16.7. The van der Waals surface area contributed by atoms with Gasteiger partial charge in [-0.25, -0.2) is 4.79 Å². The van der Waals surface area contributed by atoms with E-state index in [0.717, 1.165) is 54.9 Å². The van der Waals surface area contributed by atoms with Crippen LogP contribution in [0.15, 0.2) is 11.6 Å². The van der Waals surface area contributed by atoms with Crippen molar-refractivity contribution in [1.29, 1.82) is 0 Å². The van der Waals surface area contributed by atoms with Crippen molar-refractivity contribution < 1.29 is 9.53 Å². The first-order valence-electron chi connectivity index (χ1n) is 15.3. The molecule has 3 fully saturated rings. The van der Waals surface area contributed by atoms with Gasteiger partial charge in [0.1, 0.15) is 6.10 Å². The van der Waals surface area contributed by atoms with E-state index in [-0.39, 0.29) is 12.2 Å². The van der Waals surface area contributed by atoms with Gasteiger partial charge in [0, 0.05) is 19.5 Å². The van der Waals surface area contributed by atoms with Crippen molar-refractivity contribution in [2.24, 2.45) is 46.3 Å². The number of ether oxygens (including phenoxy) is 1. The number of allylic oxidation sites excluding steroid dienone is 1. The van der Waals surface area contributed by atoms with Gasteiger partial charge in [-0.3, -0.25) is 0 Å². The fourth-order valence-electron chi connectivity index (χ4n) is 9.33. The Bertz CT molecular complexity index is 791. The summed E-state index contributed by atoms with van der Waals surface area (Å²) >= 11 is 0. The Morgan fingerprint density at radius 2 is 1.86 bits per heavy atom. The van der Waals surface area contributed by atoms with Crippen LogP contribution in [0.5, 0.6) is 0 Å². The number of amides is 1. The number of carbonyl (C=O) groups excluding carboxylic acids is 1. The van der Waals surface area contributed by atoms with Gasteiger partial charge in [0.2, 0.25) is 0 Å². The van der Waals surface area contributed by atoms with Gasteiger partial charge in [0.15, 0.2) is 0 Å². The zero-order chi connectivity index (χ0) is 26.1. The predicted molar refractivity (Wildman–Crippen MR) is 150 cm³/mol. The standard InChI is InChI=1S/C32H56N2O2/c1-22(2)9-8-10-23(3)27-13-14-28-26-12-11-24-21-25(36-30(35)33-19-20-34(6)7)15-17-31(24,4)29(26)16-18-32(27,28)5/h11,22-23,25-29H,8-10,12-21H2,1-7H3,(H,33,35)/t23-,25?,26?,27?,28+,29+,31+,32-/m1/s1. The Balaban J connectivity index is 1.37. The normalized spacial score (nSPS) is 38.7. The molecule has 0 aromatic carbocycles. The van der Waals surface area contributed by atoms with Gasteiger partial charge >= 0.3 is 6.09 Å². The van der Waals surface area contributed by atoms with Gasteiger partial charge in [0.25, 0.3) is 0 Å². The molecule has 36 heavy (non-hydrogen) atoms. The first-order valence-corrected chi connectivity index (χ1v) is 15.3. The van der Waals surface area contributed by atoms with Gasteiger partial charge in [0.05, 0.1) is 0 Å². The summed E-state index contributed by atoms with van der Waals surface area (Å²) in [4.78, 5) is 14.4. The second-order valence-corrected chi connectivity index (χ2v) is 14.3. The molecule has 206 valence electrons. The van der Waals surface area contributed by atoms with Gasteiger partial charge < -0.3 is 15.0 Å². The van der Waals surface area contributed by atoms with E-state index in [1.165, 1.54) is 57.8 Å². The number of hydrogen-bond acceptors (Lipinski definition) is 3. The number of hydrogen-bond donors (Lipinski definition) is 1. The maximum atomic E-state index is 12.3. The van der Waals surface area contributed by atoms with Crippen LogP contribution in [-0.4, -0.2) is 44.3 Å². The van der Waals surface area contributed by atoms with Crippen LogP contribution in [0.25, 0.3) is 0 Å². The van der Waals surface area contributed by atoms with E-state index >= 15 is 0 Å². The molecule has 0 bridgehead atoms. The Hall–Kier alpha value is -1.03. The average Bonchev–Trinajstić information content (AvgIpc) is 3.16. The van der Waals surface area contributed by atoms with E-state index in [4.69, 9.17) is 4.74 Å². The molecule has 4 rings (SSSR count). The highest BCUT2D eigenvalue weighted by Crippen LogP contribution is 2.67. The molecular formula is C32H56N2O2. The molecule has 0 aromatic rings. The van der Waals surface area contributed by atoms with E-state index in [2.05, 4.69) is 50.9 Å². The van der Waals surface area contributed by atoms with Crippen molar-refractivity contribution in [3.8, 4) is 0 Å². The molecule has 0 aliphatic heterocycles. The first-order chi connectivity index (χ1) is 17.0. The molecule has 4 aliphatic rings. The molecular weight excluding hydrogens is 444 g/mol. The monoisotopic (exact) mass is 500 g/mol. The zero-order valence-electron chi connectivity index (χ0n) is 24.6. The van der Waals surface area contributed by atoms with E-state index in [9.17, 15) is 4.79 Å². The average molecular weight is 501 g/mol. The number of nitrogens with one attached hydrogen (secondary N) is 1. The molecule has 0 aromatic heterocycles. The van der Waals surface area contributed by atoms with Crippen molar-refractivity contribution >= 4 is 6.09 Å². The molecule has 3 saturated carbocycles. The van der Waals surface area contributed by atoms with Gasteiger partial charge in [-0.2, -0.15) is 0 Å². The Labute approximate surface area is 222 Å². The van der Waals surface area contributed by atoms with Crippen molar-refractivity contribution in [3.63, 3.8) is 0 Å². The number of carbonyl (C=O) groups is 1. The van der Waals surface area contributed by atoms with Gasteiger partial charge in [-0.05, 0) is 105 Å². The number of likely N-dealkylation sites (N-methyl/N-ethyl adjacent to an activating group) is 1. The van der Waals surface area contributed by atoms with E-state index < -0.39 is 0 Å². The minimum atomic E-state index is -0.243. The zero-order valence-corrected chi connectivity index (χ0v) is 24.6. The summed E-state index contributed by atoms with van der Waals surface area (Å²) in [5, 5.41) is 2.93. The van der Waals surface area contributed by atoms with Crippen molar-refractivity contribution in [3.05, 3.63) is 11.6 Å². The summed E-state index contributed by atoms with van der Waals surface area (Å²) in [6, 6.07) is 0. The number of alkyl carbamates (subject to hydrolysis) is 1. The fraction of sp³-hybridized carbons (Fsp3) is 0.906. The highest BCUT2D eigenvalue weighted by Gasteiger charge is 2.59. The number of rotatable bonds is 9. The minimum Gasteiger partial charge on any atom is -0.446 e. The lowest BCUT2D eigenvalue weighted by Crippen LogP contribution is -2.51. The van der Waals surface area contributed by atoms with Crippen LogP contribution >= 0.6 is 0 Å². The van der Waals surface area contributed by atoms with Crippen LogP contribution in [0.4, 0.5) is 4.79 Å². The molecule has 0 saturated heterocycles. The Morgan fingerprint density at radius 1 is 1.08 bits per heavy atom. The van der Waals surface area contributed by atoms with Crippen LogP contribution in [0.2, 0.25) is 0 Å². The third-order valence-corrected chi connectivity index (χ3v) is 11.4. The minimum absolute atomic E-state index is 0.0386. The van der Waals surface area contributed by atoms with Gasteiger partial charge in [-0.1, -0.05) is 65.5 Å². The summed E-state index contributed by atoms with van der Waals surface area (Å²) in [5.41, 5.74) is 2.46. The van der Waals surface area contributed by atoms with E-state index in [0.29, 0.717) is 17.4 Å². The van der Waals surface area contributed by atoms with Gasteiger partial charge in [-0.15, -0.1) is 0 Å². The molecule has 8 atom stereocenters. The topological polar surface area (TPSA) is 41.6 Å². The smallest absolute Gasteiger partial charge is 0.407 e. The first kappa shape index (κ1) is 28.0. The lowest BCUT2D eigenvalue weighted by atomic mass is 9.47. The quantitative estimate of drug-likeness (QED) is 0.330. The second kappa shape index (κ2) is 11.4. The Morgan fingerprint density at radius 3 is 2.58 bits per heavy atom. The largest absolute Gasteiger partial charge is 0.446 e. The van der Waals surface area contributed by atoms with E-state index in [1.807, 2.05) is 14.1 Å². The van der Waals surface area contributed by atoms with Crippen LogP contribution in [0, 0.1) is 46.3 Å².